The van der Waals surface area contributed by atoms with Crippen LogP contribution >= 0.6 is 0 Å². The van der Waals surface area contributed by atoms with Gasteiger partial charge in [-0.15, -0.1) is 0 Å². The fourth-order valence-corrected chi connectivity index (χ4v) is 5.36. The average Bonchev–Trinajstić information content (AvgIpc) is 2.58. The Balaban J connectivity index is 1.50. The van der Waals surface area contributed by atoms with Crippen molar-refractivity contribution in [1.29, 1.82) is 0 Å². The number of halogens is 5. The van der Waals surface area contributed by atoms with Crippen LogP contribution in [-0.4, -0.2) is 11.9 Å². The molecule has 4 aliphatic carbocycles. The Bertz CT molecular complexity index is 678. The lowest BCUT2D eigenvalue weighted by molar-refractivity contribution is -0.124. The zero-order valence-electron chi connectivity index (χ0n) is 13.4. The van der Waals surface area contributed by atoms with Crippen LogP contribution in [0, 0.1) is 52.8 Å². The lowest BCUT2D eigenvalue weighted by Crippen LogP contribution is -2.56. The summed E-state index contributed by atoms with van der Waals surface area (Å²) in [4.78, 5) is 12.2. The van der Waals surface area contributed by atoms with Crippen molar-refractivity contribution in [3.8, 4) is 0 Å². The molecule has 5 rings (SSSR count). The Kier molecular flexibility index (Phi) is 4.00. The molecule has 0 atom stereocenters. The molecule has 4 bridgehead atoms. The van der Waals surface area contributed by atoms with Crippen LogP contribution in [-0.2, 0) is 11.2 Å². The van der Waals surface area contributed by atoms with Gasteiger partial charge in [-0.25, -0.2) is 22.0 Å². The quantitative estimate of drug-likeness (QED) is 0.496. The van der Waals surface area contributed by atoms with Crippen molar-refractivity contribution in [3.63, 3.8) is 0 Å². The molecule has 4 aliphatic rings. The molecule has 136 valence electrons. The summed E-state index contributed by atoms with van der Waals surface area (Å²) in [5.41, 5.74) is -1.07. The number of benzene rings is 1. The van der Waals surface area contributed by atoms with Gasteiger partial charge in [0, 0.05) is 11.6 Å². The van der Waals surface area contributed by atoms with Gasteiger partial charge in [-0.05, 0) is 55.8 Å². The minimum atomic E-state index is -2.21. The topological polar surface area (TPSA) is 29.1 Å². The summed E-state index contributed by atoms with van der Waals surface area (Å²) in [5, 5.41) is 2.81. The van der Waals surface area contributed by atoms with Crippen LogP contribution in [0.5, 0.6) is 0 Å². The van der Waals surface area contributed by atoms with E-state index in [-0.39, 0.29) is 6.04 Å². The first kappa shape index (κ1) is 16.8. The summed E-state index contributed by atoms with van der Waals surface area (Å²) in [6, 6.07) is -0.0541. The zero-order valence-corrected chi connectivity index (χ0v) is 13.4. The van der Waals surface area contributed by atoms with Crippen molar-refractivity contribution in [3.05, 3.63) is 34.6 Å². The smallest absolute Gasteiger partial charge is 0.224 e. The zero-order chi connectivity index (χ0) is 17.9. The fraction of sp³-hybridized carbons (Fsp3) is 0.611. The lowest BCUT2D eigenvalue weighted by Gasteiger charge is -2.54. The lowest BCUT2D eigenvalue weighted by atomic mass is 9.54. The standard InChI is InChI=1S/C18H18F5NO/c19-13-11(14(20)16(22)17(23)15(13)21)6-12(25)24-18-9-2-7-1-8(4-9)5-10(18)3-7/h7-10,18H,1-6H2,(H,24,25). The molecule has 0 aromatic heterocycles. The van der Waals surface area contributed by atoms with E-state index in [1.807, 2.05) is 0 Å². The molecule has 0 unspecified atom stereocenters. The second-order valence-corrected chi connectivity index (χ2v) is 7.75. The Morgan fingerprint density at radius 1 is 0.760 bits per heavy atom. The van der Waals surface area contributed by atoms with E-state index in [4.69, 9.17) is 0 Å². The molecule has 2 nitrogen and oxygen atoms in total. The highest BCUT2D eigenvalue weighted by atomic mass is 19.2. The third-order valence-corrected chi connectivity index (χ3v) is 6.19. The van der Waals surface area contributed by atoms with E-state index in [0.29, 0.717) is 23.7 Å². The van der Waals surface area contributed by atoms with Crippen LogP contribution in [0.4, 0.5) is 22.0 Å². The van der Waals surface area contributed by atoms with Crippen molar-refractivity contribution in [2.75, 3.05) is 0 Å². The molecular weight excluding hydrogens is 341 g/mol. The predicted octanol–water partition coefficient (Wildman–Crippen LogP) is 3.87. The average molecular weight is 359 g/mol. The van der Waals surface area contributed by atoms with E-state index >= 15 is 0 Å². The second kappa shape index (κ2) is 5.95. The van der Waals surface area contributed by atoms with Crippen molar-refractivity contribution >= 4 is 5.91 Å². The summed E-state index contributed by atoms with van der Waals surface area (Å²) >= 11 is 0. The number of rotatable bonds is 3. The summed E-state index contributed by atoms with van der Waals surface area (Å²) in [7, 11) is 0. The second-order valence-electron chi connectivity index (χ2n) is 7.75. The Morgan fingerprint density at radius 3 is 1.68 bits per heavy atom. The third-order valence-electron chi connectivity index (χ3n) is 6.19. The molecule has 4 fully saturated rings. The molecular formula is C18H18F5NO. The number of carbonyl (C=O) groups excluding carboxylic acids is 1. The molecule has 0 spiro atoms. The highest BCUT2D eigenvalue weighted by molar-refractivity contribution is 5.79. The molecule has 1 aromatic rings. The Morgan fingerprint density at radius 2 is 1.20 bits per heavy atom. The molecule has 1 amide bonds. The first-order chi connectivity index (χ1) is 11.8. The van der Waals surface area contributed by atoms with Crippen LogP contribution in [0.25, 0.3) is 0 Å². The van der Waals surface area contributed by atoms with Crippen molar-refractivity contribution in [1.82, 2.24) is 5.32 Å². The van der Waals surface area contributed by atoms with Gasteiger partial charge in [0.15, 0.2) is 23.3 Å². The monoisotopic (exact) mass is 359 g/mol. The first-order valence-corrected chi connectivity index (χ1v) is 8.64. The fourth-order valence-electron chi connectivity index (χ4n) is 5.36. The van der Waals surface area contributed by atoms with E-state index in [1.54, 1.807) is 0 Å². The molecule has 25 heavy (non-hydrogen) atoms. The van der Waals surface area contributed by atoms with Crippen LogP contribution in [0.1, 0.15) is 37.7 Å². The molecule has 7 heteroatoms. The highest BCUT2D eigenvalue weighted by Crippen LogP contribution is 2.53. The SMILES string of the molecule is O=C(Cc1c(F)c(F)c(F)c(F)c1F)NC1C2CC3CC(C2)CC1C3. The number of carbonyl (C=O) groups is 1. The molecule has 1 N–H and O–H groups in total. The summed E-state index contributed by atoms with van der Waals surface area (Å²) in [6.45, 7) is 0. The molecule has 1 aromatic carbocycles. The Hall–Kier alpha value is -1.66. The van der Waals surface area contributed by atoms with Gasteiger partial charge in [-0.3, -0.25) is 4.79 Å². The van der Waals surface area contributed by atoms with Gasteiger partial charge in [0.2, 0.25) is 11.7 Å². The van der Waals surface area contributed by atoms with Crippen LogP contribution < -0.4 is 5.32 Å². The maximum atomic E-state index is 13.7. The first-order valence-electron chi connectivity index (χ1n) is 8.64. The van der Waals surface area contributed by atoms with Gasteiger partial charge in [-0.2, -0.15) is 0 Å². The van der Waals surface area contributed by atoms with Crippen molar-refractivity contribution in [2.24, 2.45) is 23.7 Å². The Labute approximate surface area is 141 Å². The number of hydrogen-bond acceptors (Lipinski definition) is 1. The molecule has 4 saturated carbocycles. The minimum absolute atomic E-state index is 0.0541. The van der Waals surface area contributed by atoms with E-state index in [0.717, 1.165) is 25.7 Å². The van der Waals surface area contributed by atoms with Crippen molar-refractivity contribution in [2.45, 2.75) is 44.6 Å². The predicted molar refractivity (Wildman–Crippen MR) is 78.9 cm³/mol. The highest BCUT2D eigenvalue weighted by Gasteiger charge is 2.48. The minimum Gasteiger partial charge on any atom is -0.353 e. The maximum Gasteiger partial charge on any atom is 0.224 e. The number of hydrogen-bond donors (Lipinski definition) is 1. The molecule has 0 radical (unpaired) electrons. The molecule has 0 saturated heterocycles. The van der Waals surface area contributed by atoms with Gasteiger partial charge < -0.3 is 5.32 Å². The maximum absolute atomic E-state index is 13.7. The van der Waals surface area contributed by atoms with Gasteiger partial charge in [0.05, 0.1) is 6.42 Å². The third kappa shape index (κ3) is 2.72. The normalized spacial score (nSPS) is 32.9. The van der Waals surface area contributed by atoms with E-state index in [2.05, 4.69) is 5.32 Å². The van der Waals surface area contributed by atoms with Crippen molar-refractivity contribution < 1.29 is 26.7 Å². The number of amides is 1. The van der Waals surface area contributed by atoms with Gasteiger partial charge in [0.25, 0.3) is 0 Å². The van der Waals surface area contributed by atoms with Crippen LogP contribution in [0.15, 0.2) is 0 Å². The van der Waals surface area contributed by atoms with E-state index in [9.17, 15) is 26.7 Å². The van der Waals surface area contributed by atoms with E-state index < -0.39 is 47.0 Å². The number of nitrogens with one attached hydrogen (secondary N) is 1. The summed E-state index contributed by atoms with van der Waals surface area (Å²) in [5.74, 6) is -8.69. The molecule has 0 aliphatic heterocycles. The summed E-state index contributed by atoms with van der Waals surface area (Å²) < 4.78 is 67.0. The summed E-state index contributed by atoms with van der Waals surface area (Å²) in [6.07, 6.45) is 4.56. The van der Waals surface area contributed by atoms with Crippen LogP contribution in [0.2, 0.25) is 0 Å². The van der Waals surface area contributed by atoms with Gasteiger partial charge in [0.1, 0.15) is 0 Å². The van der Waals surface area contributed by atoms with Gasteiger partial charge in [-0.1, -0.05) is 0 Å². The largest absolute Gasteiger partial charge is 0.353 e. The molecule has 0 heterocycles. The van der Waals surface area contributed by atoms with E-state index in [1.165, 1.54) is 6.42 Å². The van der Waals surface area contributed by atoms with Gasteiger partial charge >= 0.3 is 0 Å². The van der Waals surface area contributed by atoms with Crippen LogP contribution in [0.3, 0.4) is 0 Å².